The van der Waals surface area contributed by atoms with Gasteiger partial charge in [-0.05, 0) is 35.0 Å². The topological polar surface area (TPSA) is 26.3 Å². The first kappa shape index (κ1) is 13.0. The third-order valence-corrected chi connectivity index (χ3v) is 2.82. The van der Waals surface area contributed by atoms with Gasteiger partial charge in [0.2, 0.25) is 0 Å². The van der Waals surface area contributed by atoms with Gasteiger partial charge < -0.3 is 4.74 Å². The number of ether oxygens (including phenoxy) is 1. The van der Waals surface area contributed by atoms with E-state index in [9.17, 15) is 18.0 Å². The lowest BCUT2D eigenvalue weighted by Crippen LogP contribution is -2.09. The maximum atomic E-state index is 12.6. The molecule has 0 bridgehead atoms. The molecular formula is C10H8BrF3O2. The maximum Gasteiger partial charge on any atom is 0.417 e. The van der Waals surface area contributed by atoms with E-state index >= 15 is 0 Å². The van der Waals surface area contributed by atoms with E-state index in [0.29, 0.717) is 0 Å². The Morgan fingerprint density at radius 1 is 1.38 bits per heavy atom. The summed E-state index contributed by atoms with van der Waals surface area (Å²) in [5.74, 6) is -0.461. The zero-order valence-corrected chi connectivity index (χ0v) is 10.1. The third-order valence-electron chi connectivity index (χ3n) is 1.97. The number of halogens is 4. The van der Waals surface area contributed by atoms with Crippen molar-refractivity contribution in [2.45, 2.75) is 13.1 Å². The van der Waals surface area contributed by atoms with Crippen LogP contribution in [0.15, 0.2) is 16.6 Å². The summed E-state index contributed by atoms with van der Waals surface area (Å²) in [7, 11) is 1.24. The van der Waals surface area contributed by atoms with Gasteiger partial charge in [-0.1, -0.05) is 0 Å². The van der Waals surface area contributed by atoms with E-state index in [1.807, 2.05) is 0 Å². The summed E-state index contributed by atoms with van der Waals surface area (Å²) in [6.07, 6.45) is -4.53. The summed E-state index contributed by atoms with van der Waals surface area (Å²) in [5, 5.41) is 0. The molecule has 0 spiro atoms. The van der Waals surface area contributed by atoms with Gasteiger partial charge in [0, 0.05) is 10.0 Å². The van der Waals surface area contributed by atoms with Crippen LogP contribution >= 0.6 is 15.9 Å². The molecule has 0 N–H and O–H groups in total. The van der Waals surface area contributed by atoms with E-state index in [1.54, 1.807) is 0 Å². The highest BCUT2D eigenvalue weighted by molar-refractivity contribution is 9.10. The number of rotatable bonds is 2. The molecule has 1 rings (SSSR count). The van der Waals surface area contributed by atoms with Crippen molar-refractivity contribution in [2.75, 3.05) is 7.11 Å². The smallest absolute Gasteiger partial charge is 0.417 e. The van der Waals surface area contributed by atoms with Crippen LogP contribution in [-0.4, -0.2) is 12.9 Å². The highest BCUT2D eigenvalue weighted by Gasteiger charge is 2.35. The number of carbonyl (C=O) groups is 1. The van der Waals surface area contributed by atoms with Crippen LogP contribution in [0.5, 0.6) is 5.75 Å². The molecule has 0 fully saturated rings. The van der Waals surface area contributed by atoms with Crippen LogP contribution in [0.1, 0.15) is 22.8 Å². The standard InChI is InChI=1S/C10H8BrF3O2/c1-5(15)7-3-6(16-2)4-8(9(7)11)10(12,13)14/h3-4H,1-2H3. The number of Topliss-reactive ketones (excluding diaryl/α,β-unsaturated/α-hetero) is 1. The van der Waals surface area contributed by atoms with Gasteiger partial charge in [0.25, 0.3) is 0 Å². The summed E-state index contributed by atoms with van der Waals surface area (Å²) in [6, 6.07) is 2.11. The number of ketones is 1. The Morgan fingerprint density at radius 3 is 2.31 bits per heavy atom. The van der Waals surface area contributed by atoms with Crippen molar-refractivity contribution < 1.29 is 22.7 Å². The van der Waals surface area contributed by atoms with Crippen LogP contribution in [0.25, 0.3) is 0 Å². The Balaban J connectivity index is 3.50. The van der Waals surface area contributed by atoms with Gasteiger partial charge in [0.15, 0.2) is 5.78 Å². The predicted molar refractivity (Wildman–Crippen MR) is 55.7 cm³/mol. The van der Waals surface area contributed by atoms with Crippen LogP contribution in [-0.2, 0) is 6.18 Å². The number of methoxy groups -OCH3 is 1. The number of benzene rings is 1. The molecule has 0 atom stereocenters. The molecule has 0 saturated heterocycles. The monoisotopic (exact) mass is 296 g/mol. The summed E-state index contributed by atoms with van der Waals surface area (Å²) in [4.78, 5) is 11.2. The Kier molecular flexibility index (Phi) is 3.62. The van der Waals surface area contributed by atoms with Crippen LogP contribution < -0.4 is 4.74 Å². The lowest BCUT2D eigenvalue weighted by atomic mass is 10.1. The minimum Gasteiger partial charge on any atom is -0.497 e. The van der Waals surface area contributed by atoms with Crippen molar-refractivity contribution in [1.82, 2.24) is 0 Å². The molecule has 0 aliphatic carbocycles. The van der Waals surface area contributed by atoms with Crippen LogP contribution in [0, 0.1) is 0 Å². The van der Waals surface area contributed by atoms with E-state index in [2.05, 4.69) is 15.9 Å². The normalized spacial score (nSPS) is 11.4. The number of hydrogen-bond acceptors (Lipinski definition) is 2. The molecule has 0 aliphatic heterocycles. The first-order valence-electron chi connectivity index (χ1n) is 4.23. The molecule has 0 unspecified atom stereocenters. The first-order valence-corrected chi connectivity index (χ1v) is 5.02. The summed E-state index contributed by atoms with van der Waals surface area (Å²) in [5.41, 5.74) is -0.969. The Labute approximate surface area is 98.5 Å². The van der Waals surface area contributed by atoms with Gasteiger partial charge in [0.05, 0.1) is 12.7 Å². The largest absolute Gasteiger partial charge is 0.497 e. The average molecular weight is 297 g/mol. The van der Waals surface area contributed by atoms with Crippen molar-refractivity contribution in [2.24, 2.45) is 0 Å². The highest BCUT2D eigenvalue weighted by atomic mass is 79.9. The Morgan fingerprint density at radius 2 is 1.94 bits per heavy atom. The van der Waals surface area contributed by atoms with Gasteiger partial charge in [-0.3, -0.25) is 4.79 Å². The molecule has 0 radical (unpaired) electrons. The van der Waals surface area contributed by atoms with Crippen molar-refractivity contribution in [3.8, 4) is 5.75 Å². The lowest BCUT2D eigenvalue weighted by molar-refractivity contribution is -0.138. The first-order chi connectivity index (χ1) is 7.27. The summed E-state index contributed by atoms with van der Waals surface area (Å²) >= 11 is 2.78. The second kappa shape index (κ2) is 4.45. The molecule has 0 amide bonds. The molecule has 0 aliphatic rings. The van der Waals surface area contributed by atoms with Gasteiger partial charge in [-0.25, -0.2) is 0 Å². The Bertz CT molecular complexity index is 427. The van der Waals surface area contributed by atoms with Crippen molar-refractivity contribution in [3.05, 3.63) is 27.7 Å². The Hall–Kier alpha value is -1.04. The molecule has 1 aromatic rings. The lowest BCUT2D eigenvalue weighted by Gasteiger charge is -2.13. The van der Waals surface area contributed by atoms with Crippen molar-refractivity contribution >= 4 is 21.7 Å². The van der Waals surface area contributed by atoms with E-state index in [4.69, 9.17) is 4.74 Å². The van der Waals surface area contributed by atoms with E-state index < -0.39 is 17.5 Å². The van der Waals surface area contributed by atoms with Crippen LogP contribution in [0.4, 0.5) is 13.2 Å². The average Bonchev–Trinajstić information content (AvgIpc) is 2.15. The van der Waals surface area contributed by atoms with Crippen molar-refractivity contribution in [1.29, 1.82) is 0 Å². The molecular weight excluding hydrogens is 289 g/mol. The summed E-state index contributed by atoms with van der Waals surface area (Å²) in [6.45, 7) is 1.19. The van der Waals surface area contributed by atoms with Crippen LogP contribution in [0.3, 0.4) is 0 Å². The van der Waals surface area contributed by atoms with E-state index in [1.165, 1.54) is 20.1 Å². The fourth-order valence-electron chi connectivity index (χ4n) is 1.18. The fourth-order valence-corrected chi connectivity index (χ4v) is 1.91. The zero-order chi connectivity index (χ0) is 12.5. The van der Waals surface area contributed by atoms with Crippen LogP contribution in [0.2, 0.25) is 0 Å². The molecule has 6 heteroatoms. The van der Waals surface area contributed by atoms with Gasteiger partial charge in [-0.2, -0.15) is 13.2 Å². The number of carbonyl (C=O) groups excluding carboxylic acids is 1. The third kappa shape index (κ3) is 2.55. The van der Waals surface area contributed by atoms with E-state index in [0.717, 1.165) is 6.07 Å². The molecule has 2 nitrogen and oxygen atoms in total. The highest BCUT2D eigenvalue weighted by Crippen LogP contribution is 2.39. The second-order valence-electron chi connectivity index (χ2n) is 3.09. The molecule has 16 heavy (non-hydrogen) atoms. The van der Waals surface area contributed by atoms with Gasteiger partial charge in [0.1, 0.15) is 5.75 Å². The van der Waals surface area contributed by atoms with E-state index in [-0.39, 0.29) is 15.8 Å². The zero-order valence-electron chi connectivity index (χ0n) is 8.48. The van der Waals surface area contributed by atoms with Gasteiger partial charge in [-0.15, -0.1) is 0 Å². The SMILES string of the molecule is COc1cc(C(C)=O)c(Br)c(C(F)(F)F)c1. The maximum absolute atomic E-state index is 12.6. The molecule has 0 saturated carbocycles. The van der Waals surface area contributed by atoms with Crippen molar-refractivity contribution in [3.63, 3.8) is 0 Å². The molecule has 1 aromatic carbocycles. The molecule has 88 valence electrons. The fraction of sp³-hybridized carbons (Fsp3) is 0.300. The molecule has 0 heterocycles. The summed E-state index contributed by atoms with van der Waals surface area (Å²) < 4.78 is 42.3. The number of alkyl halides is 3. The minimum absolute atomic E-state index is 0.000671. The second-order valence-corrected chi connectivity index (χ2v) is 3.88. The van der Waals surface area contributed by atoms with Gasteiger partial charge >= 0.3 is 6.18 Å². The minimum atomic E-state index is -4.53. The quantitative estimate of drug-likeness (QED) is 0.778. The number of hydrogen-bond donors (Lipinski definition) is 0. The molecule has 0 aromatic heterocycles. The predicted octanol–water partition coefficient (Wildman–Crippen LogP) is 3.68.